The Kier molecular flexibility index (Phi) is 4.39. The van der Waals surface area contributed by atoms with Gasteiger partial charge in [-0.25, -0.2) is 0 Å². The molecule has 0 radical (unpaired) electrons. The van der Waals surface area contributed by atoms with E-state index in [-0.39, 0.29) is 6.04 Å². The quantitative estimate of drug-likeness (QED) is 0.688. The Morgan fingerprint density at radius 1 is 1.57 bits per heavy atom. The van der Waals surface area contributed by atoms with Crippen LogP contribution in [0.15, 0.2) is 0 Å². The minimum absolute atomic E-state index is 0.326. The van der Waals surface area contributed by atoms with Crippen molar-refractivity contribution in [3.05, 3.63) is 0 Å². The second kappa shape index (κ2) is 5.35. The lowest BCUT2D eigenvalue weighted by atomic mass is 9.81. The SMILES string of the molecule is CCCCC(NC1CC(C)C1)C(=O)O. The van der Waals surface area contributed by atoms with Crippen molar-refractivity contribution in [3.63, 3.8) is 0 Å². The molecule has 1 unspecified atom stereocenters. The molecule has 14 heavy (non-hydrogen) atoms. The maximum Gasteiger partial charge on any atom is 0.320 e. The van der Waals surface area contributed by atoms with Gasteiger partial charge >= 0.3 is 5.97 Å². The average Bonchev–Trinajstić information content (AvgIpc) is 2.08. The molecule has 0 heterocycles. The summed E-state index contributed by atoms with van der Waals surface area (Å²) in [4.78, 5) is 10.9. The topological polar surface area (TPSA) is 49.3 Å². The molecule has 1 rings (SSSR count). The molecule has 82 valence electrons. The van der Waals surface area contributed by atoms with Crippen molar-refractivity contribution in [1.29, 1.82) is 0 Å². The van der Waals surface area contributed by atoms with E-state index < -0.39 is 5.97 Å². The van der Waals surface area contributed by atoms with E-state index in [1.54, 1.807) is 0 Å². The third-order valence-electron chi connectivity index (χ3n) is 2.96. The summed E-state index contributed by atoms with van der Waals surface area (Å²) in [7, 11) is 0. The lowest BCUT2D eigenvalue weighted by molar-refractivity contribution is -0.140. The molecule has 1 saturated carbocycles. The van der Waals surface area contributed by atoms with Gasteiger partial charge in [0.1, 0.15) is 6.04 Å². The molecule has 0 saturated heterocycles. The van der Waals surface area contributed by atoms with Crippen LogP contribution in [0, 0.1) is 5.92 Å². The van der Waals surface area contributed by atoms with Crippen molar-refractivity contribution in [3.8, 4) is 0 Å². The molecule has 0 bridgehead atoms. The van der Waals surface area contributed by atoms with Crippen molar-refractivity contribution >= 4 is 5.97 Å². The van der Waals surface area contributed by atoms with Gasteiger partial charge < -0.3 is 10.4 Å². The first-order valence-electron chi connectivity index (χ1n) is 5.62. The molecule has 0 amide bonds. The van der Waals surface area contributed by atoms with Crippen LogP contribution in [0.4, 0.5) is 0 Å². The Balaban J connectivity index is 2.24. The van der Waals surface area contributed by atoms with E-state index in [1.165, 1.54) is 0 Å². The summed E-state index contributed by atoms with van der Waals surface area (Å²) in [6.45, 7) is 4.30. The molecule has 3 heteroatoms. The van der Waals surface area contributed by atoms with Gasteiger partial charge in [-0.3, -0.25) is 4.79 Å². The maximum atomic E-state index is 10.9. The summed E-state index contributed by atoms with van der Waals surface area (Å²) in [6.07, 6.45) is 5.08. The van der Waals surface area contributed by atoms with Gasteiger partial charge in [-0.05, 0) is 25.2 Å². The van der Waals surface area contributed by atoms with Crippen LogP contribution >= 0.6 is 0 Å². The lowest BCUT2D eigenvalue weighted by Gasteiger charge is -2.35. The highest BCUT2D eigenvalue weighted by Gasteiger charge is 2.29. The number of aliphatic carboxylic acids is 1. The Bertz CT molecular complexity index is 188. The summed E-state index contributed by atoms with van der Waals surface area (Å²) in [5, 5.41) is 12.2. The predicted octanol–water partition coefficient (Wildman–Crippen LogP) is 2.02. The van der Waals surface area contributed by atoms with Crippen LogP contribution in [0.25, 0.3) is 0 Å². The standard InChI is InChI=1S/C11H21NO2/c1-3-4-5-10(11(13)14)12-9-6-8(2)7-9/h8-10,12H,3-7H2,1-2H3,(H,13,14). The molecule has 0 aromatic heterocycles. The molecule has 1 fully saturated rings. The smallest absolute Gasteiger partial charge is 0.320 e. The number of hydrogen-bond donors (Lipinski definition) is 2. The summed E-state index contributed by atoms with van der Waals surface area (Å²) in [6, 6.07) is 0.121. The van der Waals surface area contributed by atoms with Gasteiger partial charge in [-0.1, -0.05) is 26.7 Å². The normalized spacial score (nSPS) is 28.1. The fourth-order valence-corrected chi connectivity index (χ4v) is 2.01. The zero-order valence-corrected chi connectivity index (χ0v) is 9.12. The monoisotopic (exact) mass is 199 g/mol. The largest absolute Gasteiger partial charge is 0.480 e. The van der Waals surface area contributed by atoms with Crippen LogP contribution in [-0.4, -0.2) is 23.2 Å². The van der Waals surface area contributed by atoms with Gasteiger partial charge in [0.2, 0.25) is 0 Å². The van der Waals surface area contributed by atoms with Crippen molar-refractivity contribution in [2.24, 2.45) is 5.92 Å². The van der Waals surface area contributed by atoms with Crippen LogP contribution in [0.1, 0.15) is 46.0 Å². The van der Waals surface area contributed by atoms with E-state index in [0.717, 1.165) is 38.0 Å². The number of rotatable bonds is 6. The Morgan fingerprint density at radius 3 is 2.64 bits per heavy atom. The molecule has 0 aromatic rings. The first-order chi connectivity index (χ1) is 6.63. The number of carboxylic acids is 1. The van der Waals surface area contributed by atoms with Gasteiger partial charge in [0.15, 0.2) is 0 Å². The highest BCUT2D eigenvalue weighted by molar-refractivity contribution is 5.73. The van der Waals surface area contributed by atoms with E-state index in [1.807, 2.05) is 0 Å². The van der Waals surface area contributed by atoms with Crippen molar-refractivity contribution in [2.45, 2.75) is 58.0 Å². The second-order valence-corrected chi connectivity index (χ2v) is 4.47. The Hall–Kier alpha value is -0.570. The van der Waals surface area contributed by atoms with E-state index in [9.17, 15) is 4.79 Å². The van der Waals surface area contributed by atoms with E-state index >= 15 is 0 Å². The predicted molar refractivity (Wildman–Crippen MR) is 56.3 cm³/mol. The number of hydrogen-bond acceptors (Lipinski definition) is 2. The van der Waals surface area contributed by atoms with Gasteiger partial charge in [0, 0.05) is 6.04 Å². The first kappa shape index (κ1) is 11.5. The third kappa shape index (κ3) is 3.29. The zero-order valence-electron chi connectivity index (χ0n) is 9.12. The summed E-state index contributed by atoms with van der Waals surface area (Å²) < 4.78 is 0. The van der Waals surface area contributed by atoms with Crippen LogP contribution in [-0.2, 0) is 4.79 Å². The molecular formula is C11H21NO2. The van der Waals surface area contributed by atoms with Crippen LogP contribution in [0.3, 0.4) is 0 Å². The Morgan fingerprint density at radius 2 is 2.21 bits per heavy atom. The minimum atomic E-state index is -0.696. The van der Waals surface area contributed by atoms with E-state index in [0.29, 0.717) is 6.04 Å². The van der Waals surface area contributed by atoms with E-state index in [4.69, 9.17) is 5.11 Å². The summed E-state index contributed by atoms with van der Waals surface area (Å²) >= 11 is 0. The van der Waals surface area contributed by atoms with Gasteiger partial charge in [0.25, 0.3) is 0 Å². The molecule has 0 aromatic carbocycles. The fraction of sp³-hybridized carbons (Fsp3) is 0.909. The van der Waals surface area contributed by atoms with Crippen LogP contribution < -0.4 is 5.32 Å². The molecule has 0 spiro atoms. The van der Waals surface area contributed by atoms with Gasteiger partial charge in [-0.2, -0.15) is 0 Å². The first-order valence-corrected chi connectivity index (χ1v) is 5.62. The van der Waals surface area contributed by atoms with Crippen molar-refractivity contribution in [1.82, 2.24) is 5.32 Å². The minimum Gasteiger partial charge on any atom is -0.480 e. The summed E-state index contributed by atoms with van der Waals surface area (Å²) in [5.74, 6) is 0.0751. The third-order valence-corrected chi connectivity index (χ3v) is 2.96. The number of nitrogens with one attached hydrogen (secondary N) is 1. The second-order valence-electron chi connectivity index (χ2n) is 4.47. The summed E-state index contributed by atoms with van der Waals surface area (Å²) in [5.41, 5.74) is 0. The van der Waals surface area contributed by atoms with Crippen LogP contribution in [0.5, 0.6) is 0 Å². The molecule has 1 aliphatic rings. The molecule has 1 atom stereocenters. The van der Waals surface area contributed by atoms with Crippen molar-refractivity contribution < 1.29 is 9.90 Å². The molecule has 3 nitrogen and oxygen atoms in total. The molecule has 2 N–H and O–H groups in total. The molecule has 1 aliphatic carbocycles. The van der Waals surface area contributed by atoms with Gasteiger partial charge in [0.05, 0.1) is 0 Å². The average molecular weight is 199 g/mol. The maximum absolute atomic E-state index is 10.9. The fourth-order valence-electron chi connectivity index (χ4n) is 2.01. The van der Waals surface area contributed by atoms with Crippen LogP contribution in [0.2, 0.25) is 0 Å². The zero-order chi connectivity index (χ0) is 10.6. The molecule has 0 aliphatic heterocycles. The lowest BCUT2D eigenvalue weighted by Crippen LogP contribution is -2.48. The van der Waals surface area contributed by atoms with Gasteiger partial charge in [-0.15, -0.1) is 0 Å². The highest BCUT2D eigenvalue weighted by atomic mass is 16.4. The number of unbranched alkanes of at least 4 members (excludes halogenated alkanes) is 1. The molecular weight excluding hydrogens is 178 g/mol. The Labute approximate surface area is 85.9 Å². The number of carboxylic acid groups (broad SMARTS) is 1. The van der Waals surface area contributed by atoms with E-state index in [2.05, 4.69) is 19.2 Å². The van der Waals surface area contributed by atoms with Crippen molar-refractivity contribution in [2.75, 3.05) is 0 Å². The number of carbonyl (C=O) groups is 1. The highest BCUT2D eigenvalue weighted by Crippen LogP contribution is 2.26.